The molecule has 2 amide bonds. The molecule has 3 heterocycles. The molecular formula is C34H59N5O9Si2. The molecule has 3 rings (SSSR count). The first-order valence-electron chi connectivity index (χ1n) is 17.1. The Kier molecular flexibility index (Phi) is 11.5. The van der Waals surface area contributed by atoms with E-state index in [1.54, 1.807) is 46.1 Å². The van der Waals surface area contributed by atoms with Crippen molar-refractivity contribution in [3.8, 4) is 0 Å². The number of fused-ring (bicyclic) bond motifs is 1. The number of carbonyl (C=O) groups is 3. The van der Waals surface area contributed by atoms with E-state index in [1.807, 2.05) is 0 Å². The second-order valence-electron chi connectivity index (χ2n) is 18.0. The van der Waals surface area contributed by atoms with Crippen LogP contribution < -0.4 is 10.5 Å². The predicted octanol–water partition coefficient (Wildman–Crippen LogP) is 7.36. The molecule has 3 atom stereocenters. The zero-order valence-corrected chi connectivity index (χ0v) is 35.1. The molecule has 0 unspecified atom stereocenters. The minimum absolute atomic E-state index is 0.00154. The fraction of sp³-hybridized carbons (Fsp3) is 0.765. The topological polar surface area (TPSA) is 153 Å². The predicted molar refractivity (Wildman–Crippen MR) is 197 cm³/mol. The van der Waals surface area contributed by atoms with Gasteiger partial charge in [0.05, 0.1) is 19.0 Å². The number of rotatable bonds is 7. The van der Waals surface area contributed by atoms with E-state index in [9.17, 15) is 19.2 Å². The maximum Gasteiger partial charge on any atom is 0.424 e. The van der Waals surface area contributed by atoms with Gasteiger partial charge in [0.25, 0.3) is 5.56 Å². The third kappa shape index (κ3) is 9.29. The molecule has 1 saturated heterocycles. The number of anilines is 1. The average Bonchev–Trinajstić information content (AvgIpc) is 3.47. The minimum atomic E-state index is -2.27. The summed E-state index contributed by atoms with van der Waals surface area (Å²) >= 11 is 0. The van der Waals surface area contributed by atoms with Crippen LogP contribution in [0.4, 0.5) is 15.5 Å². The second-order valence-corrected chi connectivity index (χ2v) is 27.6. The molecule has 2 aromatic rings. The summed E-state index contributed by atoms with van der Waals surface area (Å²) in [5.74, 6) is -1.43. The summed E-state index contributed by atoms with van der Waals surface area (Å²) in [7, 11) is -4.43. The standard InChI is InChI=1S/C34H59N5O9Si2/c1-21(40)38(29(42)46-31(2,3)4)28-36-26-25(27(41)39(28)30(43)47-32(5,6)7)35-20-37(26)24-18-22(48-50(16,17)34(11,12)13)23(45-24)19-44-49(14,15)33(8,9)10/h20,22-24H,18-19H2,1-17H3/t22-,23-,24-/m1/s1. The molecule has 0 radical (unpaired) electrons. The highest BCUT2D eigenvalue weighted by Crippen LogP contribution is 2.43. The van der Waals surface area contributed by atoms with Gasteiger partial charge in [-0.3, -0.25) is 14.2 Å². The minimum Gasteiger partial charge on any atom is -0.443 e. The lowest BCUT2D eigenvalue weighted by molar-refractivity contribution is -0.116. The Morgan fingerprint density at radius 2 is 1.44 bits per heavy atom. The smallest absolute Gasteiger partial charge is 0.424 e. The normalized spacial score (nSPS) is 19.5. The van der Waals surface area contributed by atoms with Crippen LogP contribution in [-0.4, -0.2) is 83.8 Å². The maximum atomic E-state index is 14.1. The summed E-state index contributed by atoms with van der Waals surface area (Å²) in [6, 6.07) is 0. The van der Waals surface area contributed by atoms with Gasteiger partial charge >= 0.3 is 12.2 Å². The van der Waals surface area contributed by atoms with Crippen molar-refractivity contribution < 1.29 is 37.4 Å². The molecule has 1 aliphatic heterocycles. The van der Waals surface area contributed by atoms with Crippen molar-refractivity contribution in [1.82, 2.24) is 19.1 Å². The van der Waals surface area contributed by atoms with Crippen LogP contribution in [0.1, 0.15) is 103 Å². The highest BCUT2D eigenvalue weighted by Gasteiger charge is 2.47. The van der Waals surface area contributed by atoms with Crippen LogP contribution in [0.3, 0.4) is 0 Å². The van der Waals surface area contributed by atoms with E-state index < -0.39 is 69.8 Å². The van der Waals surface area contributed by atoms with Crippen molar-refractivity contribution in [2.75, 3.05) is 11.5 Å². The van der Waals surface area contributed by atoms with Gasteiger partial charge in [-0.1, -0.05) is 41.5 Å². The molecule has 1 aliphatic rings. The van der Waals surface area contributed by atoms with Crippen molar-refractivity contribution in [2.45, 2.75) is 162 Å². The molecule has 16 heteroatoms. The third-order valence-corrected chi connectivity index (χ3v) is 18.4. The van der Waals surface area contributed by atoms with Crippen LogP contribution >= 0.6 is 0 Å². The molecule has 2 aromatic heterocycles. The summed E-state index contributed by atoms with van der Waals surface area (Å²) in [4.78, 5) is 63.4. The molecule has 0 aliphatic carbocycles. The first kappa shape index (κ1) is 41.5. The molecule has 0 saturated carbocycles. The molecule has 0 aromatic carbocycles. The van der Waals surface area contributed by atoms with Gasteiger partial charge in [-0.25, -0.2) is 14.6 Å². The van der Waals surface area contributed by atoms with Crippen molar-refractivity contribution in [3.05, 3.63) is 16.7 Å². The SMILES string of the molecule is CC(=O)N(C(=O)OC(C)(C)C)c1nc2c(ncn2[C@H]2C[C@@H](O[Si](C)(C)C(C)(C)C)[C@@H](CO[Si](C)(C)C(C)(C)C)O2)c(=O)n1C(=O)OC(C)(C)C. The number of hydrogen-bond acceptors (Lipinski definition) is 11. The van der Waals surface area contributed by atoms with E-state index in [0.29, 0.717) is 22.5 Å². The number of hydrogen-bond donors (Lipinski definition) is 0. The lowest BCUT2D eigenvalue weighted by atomic mass is 10.2. The van der Waals surface area contributed by atoms with Crippen LogP contribution in [-0.2, 0) is 27.9 Å². The molecule has 282 valence electrons. The average molecular weight is 738 g/mol. The van der Waals surface area contributed by atoms with Crippen LogP contribution in [0.25, 0.3) is 11.2 Å². The number of amides is 2. The van der Waals surface area contributed by atoms with E-state index in [2.05, 4.69) is 77.7 Å². The number of imide groups is 1. The summed E-state index contributed by atoms with van der Waals surface area (Å²) < 4.78 is 33.3. The fourth-order valence-electron chi connectivity index (χ4n) is 4.66. The Labute approximate surface area is 298 Å². The fourth-order valence-corrected chi connectivity index (χ4v) is 7.03. The lowest BCUT2D eigenvalue weighted by Gasteiger charge is -2.40. The van der Waals surface area contributed by atoms with E-state index in [-0.39, 0.29) is 27.3 Å². The van der Waals surface area contributed by atoms with E-state index in [0.717, 1.165) is 6.92 Å². The van der Waals surface area contributed by atoms with Gasteiger partial charge in [-0.05, 0) is 77.8 Å². The Bertz CT molecular complexity index is 1660. The summed E-state index contributed by atoms with van der Waals surface area (Å²) in [6.07, 6.45) is -1.97. The summed E-state index contributed by atoms with van der Waals surface area (Å²) in [5, 5.41) is -0.0922. The second kappa shape index (κ2) is 13.9. The van der Waals surface area contributed by atoms with Crippen molar-refractivity contribution in [3.63, 3.8) is 0 Å². The number of aromatic nitrogens is 4. The van der Waals surface area contributed by atoms with Gasteiger partial charge in [0.15, 0.2) is 27.8 Å². The first-order valence-corrected chi connectivity index (χ1v) is 22.9. The van der Waals surface area contributed by atoms with Gasteiger partial charge in [-0.2, -0.15) is 14.5 Å². The van der Waals surface area contributed by atoms with Gasteiger partial charge < -0.3 is 23.1 Å². The zero-order valence-electron chi connectivity index (χ0n) is 33.1. The summed E-state index contributed by atoms with van der Waals surface area (Å²) in [5.41, 5.74) is -3.14. The molecule has 1 fully saturated rings. The first-order chi connectivity index (χ1) is 22.4. The van der Waals surface area contributed by atoms with Crippen molar-refractivity contribution >= 4 is 51.8 Å². The zero-order chi connectivity index (χ0) is 38.6. The van der Waals surface area contributed by atoms with Gasteiger partial charge in [0.2, 0.25) is 11.9 Å². The van der Waals surface area contributed by atoms with Gasteiger partial charge in [-0.15, -0.1) is 0 Å². The van der Waals surface area contributed by atoms with E-state index in [4.69, 9.17) is 23.1 Å². The Hall–Kier alpha value is -2.93. The van der Waals surface area contributed by atoms with Gasteiger partial charge in [0.1, 0.15) is 23.5 Å². The van der Waals surface area contributed by atoms with Crippen LogP contribution in [0.15, 0.2) is 11.1 Å². The van der Waals surface area contributed by atoms with Crippen LogP contribution in [0.5, 0.6) is 0 Å². The quantitative estimate of drug-likeness (QED) is 0.262. The Morgan fingerprint density at radius 1 is 0.900 bits per heavy atom. The highest BCUT2D eigenvalue weighted by molar-refractivity contribution is 6.74. The Morgan fingerprint density at radius 3 is 1.92 bits per heavy atom. The molecule has 0 N–H and O–H groups in total. The largest absolute Gasteiger partial charge is 0.443 e. The van der Waals surface area contributed by atoms with Crippen molar-refractivity contribution in [1.29, 1.82) is 0 Å². The number of carbonyl (C=O) groups excluding carboxylic acids is 3. The van der Waals surface area contributed by atoms with E-state index in [1.165, 1.54) is 6.33 Å². The third-order valence-electron chi connectivity index (χ3n) is 9.40. The Balaban J connectivity index is 2.21. The molecule has 50 heavy (non-hydrogen) atoms. The van der Waals surface area contributed by atoms with Gasteiger partial charge in [0, 0.05) is 13.3 Å². The monoisotopic (exact) mass is 737 g/mol. The summed E-state index contributed by atoms with van der Waals surface area (Å²) in [6.45, 7) is 32.9. The van der Waals surface area contributed by atoms with Crippen LogP contribution in [0.2, 0.25) is 36.3 Å². The number of imidazole rings is 1. The number of ether oxygens (including phenoxy) is 3. The van der Waals surface area contributed by atoms with Crippen LogP contribution in [0, 0.1) is 0 Å². The highest BCUT2D eigenvalue weighted by atomic mass is 28.4. The molecule has 0 bridgehead atoms. The molecular weight excluding hydrogens is 679 g/mol. The van der Waals surface area contributed by atoms with E-state index >= 15 is 0 Å². The lowest BCUT2D eigenvalue weighted by Crippen LogP contribution is -2.48. The maximum absolute atomic E-state index is 14.1. The molecule has 0 spiro atoms. The number of nitrogens with zero attached hydrogens (tertiary/aromatic N) is 5. The van der Waals surface area contributed by atoms with Crippen molar-refractivity contribution in [2.24, 2.45) is 0 Å². The molecule has 14 nitrogen and oxygen atoms in total.